The van der Waals surface area contributed by atoms with Gasteiger partial charge in [-0.2, -0.15) is 0 Å². The number of carboxylic acids is 1. The molecule has 0 radical (unpaired) electrons. The summed E-state index contributed by atoms with van der Waals surface area (Å²) in [5.74, 6) is -0.422. The second-order valence-corrected chi connectivity index (χ2v) is 7.17. The molecule has 6 nitrogen and oxygen atoms in total. The zero-order valence-corrected chi connectivity index (χ0v) is 15.6. The highest BCUT2D eigenvalue weighted by atomic mass is 19.1. The van der Waals surface area contributed by atoms with Gasteiger partial charge in [-0.05, 0) is 42.5 Å². The third-order valence-corrected chi connectivity index (χ3v) is 5.31. The van der Waals surface area contributed by atoms with Crippen molar-refractivity contribution in [2.24, 2.45) is 0 Å². The molecule has 1 aliphatic rings. The topological polar surface area (TPSA) is 98.3 Å². The SMILES string of the molecule is Nc1cnc(C2CC(c3ccc(OCc4ccccc4C(=O)O)c(F)c3)C2)cn1. The predicted molar refractivity (Wildman–Crippen MR) is 105 cm³/mol. The van der Waals surface area contributed by atoms with E-state index in [1.54, 1.807) is 36.7 Å². The highest BCUT2D eigenvalue weighted by Gasteiger charge is 2.33. The van der Waals surface area contributed by atoms with Gasteiger partial charge in [0.15, 0.2) is 11.6 Å². The van der Waals surface area contributed by atoms with Crippen LogP contribution >= 0.6 is 0 Å². The Kier molecular flexibility index (Phi) is 5.12. The molecule has 0 aliphatic heterocycles. The number of ether oxygens (including phenoxy) is 1. The standard InChI is InChI=1S/C22H20FN3O3/c23-18-9-13(15-7-16(8-15)19-10-26-21(24)11-25-19)5-6-20(18)29-12-14-3-1-2-4-17(14)22(27)28/h1-6,9-11,15-16H,7-8,12H2,(H2,24,26)(H,27,28). The molecule has 0 amide bonds. The molecule has 1 saturated carbocycles. The van der Waals surface area contributed by atoms with E-state index >= 15 is 0 Å². The number of rotatable bonds is 6. The Morgan fingerprint density at radius 2 is 1.93 bits per heavy atom. The molecule has 1 aromatic heterocycles. The minimum Gasteiger partial charge on any atom is -0.486 e. The number of hydrogen-bond acceptors (Lipinski definition) is 5. The molecule has 2 aromatic carbocycles. The maximum atomic E-state index is 14.5. The number of anilines is 1. The van der Waals surface area contributed by atoms with E-state index in [4.69, 9.17) is 10.5 Å². The molecule has 7 heteroatoms. The number of carbonyl (C=O) groups is 1. The molecule has 0 atom stereocenters. The summed E-state index contributed by atoms with van der Waals surface area (Å²) in [6, 6.07) is 11.5. The summed E-state index contributed by atoms with van der Waals surface area (Å²) in [6.45, 7) is -0.0138. The van der Waals surface area contributed by atoms with Crippen LogP contribution in [0.15, 0.2) is 54.9 Å². The van der Waals surface area contributed by atoms with Crippen molar-refractivity contribution in [2.45, 2.75) is 31.3 Å². The summed E-state index contributed by atoms with van der Waals surface area (Å²) < 4.78 is 20.1. The van der Waals surface area contributed by atoms with Gasteiger partial charge in [-0.1, -0.05) is 24.3 Å². The number of carboxylic acid groups (broad SMARTS) is 1. The molecule has 3 aromatic rings. The zero-order valence-electron chi connectivity index (χ0n) is 15.6. The van der Waals surface area contributed by atoms with Crippen LogP contribution in [0, 0.1) is 5.82 Å². The molecule has 0 saturated heterocycles. The maximum Gasteiger partial charge on any atom is 0.336 e. The Morgan fingerprint density at radius 1 is 1.14 bits per heavy atom. The van der Waals surface area contributed by atoms with E-state index in [1.165, 1.54) is 12.1 Å². The Labute approximate surface area is 167 Å². The van der Waals surface area contributed by atoms with Gasteiger partial charge >= 0.3 is 5.97 Å². The lowest BCUT2D eigenvalue weighted by Gasteiger charge is -2.35. The lowest BCUT2D eigenvalue weighted by molar-refractivity contribution is 0.0694. The van der Waals surface area contributed by atoms with Crippen molar-refractivity contribution in [3.8, 4) is 5.75 Å². The number of aromatic nitrogens is 2. The van der Waals surface area contributed by atoms with Crippen molar-refractivity contribution < 1.29 is 19.0 Å². The van der Waals surface area contributed by atoms with Gasteiger partial charge in [0.1, 0.15) is 12.4 Å². The second-order valence-electron chi connectivity index (χ2n) is 7.17. The van der Waals surface area contributed by atoms with E-state index in [9.17, 15) is 14.3 Å². The van der Waals surface area contributed by atoms with Crippen molar-refractivity contribution in [1.29, 1.82) is 0 Å². The molecular weight excluding hydrogens is 373 g/mol. The number of halogens is 1. The van der Waals surface area contributed by atoms with E-state index in [0.717, 1.165) is 24.1 Å². The Balaban J connectivity index is 1.39. The fourth-order valence-corrected chi connectivity index (χ4v) is 3.59. The van der Waals surface area contributed by atoms with Crippen molar-refractivity contribution in [2.75, 3.05) is 5.73 Å². The van der Waals surface area contributed by atoms with Gasteiger partial charge in [0.25, 0.3) is 0 Å². The minimum absolute atomic E-state index is 0.0138. The van der Waals surface area contributed by atoms with Gasteiger partial charge in [-0.25, -0.2) is 14.2 Å². The summed E-state index contributed by atoms with van der Waals surface area (Å²) in [7, 11) is 0. The average molecular weight is 393 g/mol. The average Bonchev–Trinajstić information content (AvgIpc) is 2.68. The van der Waals surface area contributed by atoms with Gasteiger partial charge < -0.3 is 15.6 Å². The van der Waals surface area contributed by atoms with Gasteiger partial charge in [-0.3, -0.25) is 4.98 Å². The van der Waals surface area contributed by atoms with Crippen molar-refractivity contribution >= 4 is 11.8 Å². The third kappa shape index (κ3) is 4.03. The molecule has 4 rings (SSSR count). The van der Waals surface area contributed by atoms with Gasteiger partial charge in [0.2, 0.25) is 0 Å². The van der Waals surface area contributed by atoms with E-state index in [0.29, 0.717) is 17.3 Å². The first-order chi connectivity index (χ1) is 14.0. The largest absolute Gasteiger partial charge is 0.486 e. The first-order valence-electron chi connectivity index (χ1n) is 9.32. The highest BCUT2D eigenvalue weighted by molar-refractivity contribution is 5.89. The van der Waals surface area contributed by atoms with Crippen LogP contribution in [0.2, 0.25) is 0 Å². The first kappa shape index (κ1) is 18.9. The molecule has 1 heterocycles. The van der Waals surface area contributed by atoms with Crippen LogP contribution in [-0.2, 0) is 6.61 Å². The summed E-state index contributed by atoms with van der Waals surface area (Å²) in [4.78, 5) is 19.6. The monoisotopic (exact) mass is 393 g/mol. The fraction of sp³-hybridized carbons (Fsp3) is 0.227. The van der Waals surface area contributed by atoms with E-state index < -0.39 is 11.8 Å². The van der Waals surface area contributed by atoms with Crippen LogP contribution in [0.1, 0.15) is 51.9 Å². The lowest BCUT2D eigenvalue weighted by atomic mass is 9.70. The Hall–Kier alpha value is -3.48. The number of nitrogens with zero attached hydrogens (tertiary/aromatic N) is 2. The number of nitrogen functional groups attached to an aromatic ring is 1. The molecule has 29 heavy (non-hydrogen) atoms. The van der Waals surface area contributed by atoms with Crippen LogP contribution in [0.3, 0.4) is 0 Å². The molecule has 1 aliphatic carbocycles. The van der Waals surface area contributed by atoms with Crippen LogP contribution in [0.5, 0.6) is 5.75 Å². The van der Waals surface area contributed by atoms with Crippen LogP contribution in [0.25, 0.3) is 0 Å². The molecule has 148 valence electrons. The quantitative estimate of drug-likeness (QED) is 0.653. The molecular formula is C22H20FN3O3. The molecule has 0 unspecified atom stereocenters. The van der Waals surface area contributed by atoms with Gasteiger partial charge in [0.05, 0.1) is 23.7 Å². The molecule has 1 fully saturated rings. The molecule has 0 spiro atoms. The van der Waals surface area contributed by atoms with Crippen LogP contribution in [-0.4, -0.2) is 21.0 Å². The minimum atomic E-state index is -1.04. The van der Waals surface area contributed by atoms with Crippen molar-refractivity contribution in [1.82, 2.24) is 9.97 Å². The fourth-order valence-electron chi connectivity index (χ4n) is 3.59. The summed E-state index contributed by atoms with van der Waals surface area (Å²) in [6.07, 6.45) is 5.01. The van der Waals surface area contributed by atoms with Gasteiger partial charge in [-0.15, -0.1) is 0 Å². The van der Waals surface area contributed by atoms with Gasteiger partial charge in [0, 0.05) is 11.5 Å². The Bertz CT molecular complexity index is 1030. The number of nitrogens with two attached hydrogens (primary N) is 1. The third-order valence-electron chi connectivity index (χ3n) is 5.31. The summed E-state index contributed by atoms with van der Waals surface area (Å²) in [5.41, 5.74) is 8.04. The smallest absolute Gasteiger partial charge is 0.336 e. The van der Waals surface area contributed by atoms with E-state index in [-0.39, 0.29) is 23.8 Å². The summed E-state index contributed by atoms with van der Waals surface area (Å²) in [5, 5.41) is 9.22. The number of benzene rings is 2. The zero-order chi connectivity index (χ0) is 20.4. The lowest BCUT2D eigenvalue weighted by Crippen LogP contribution is -2.21. The van der Waals surface area contributed by atoms with Crippen LogP contribution in [0.4, 0.5) is 10.2 Å². The van der Waals surface area contributed by atoms with E-state index in [2.05, 4.69) is 9.97 Å². The Morgan fingerprint density at radius 3 is 2.62 bits per heavy atom. The maximum absolute atomic E-state index is 14.5. The highest BCUT2D eigenvalue weighted by Crippen LogP contribution is 2.47. The predicted octanol–water partition coefficient (Wildman–Crippen LogP) is 4.14. The second kappa shape index (κ2) is 7.87. The molecule has 0 bridgehead atoms. The normalized spacial score (nSPS) is 18.1. The number of hydrogen-bond donors (Lipinski definition) is 2. The summed E-state index contributed by atoms with van der Waals surface area (Å²) >= 11 is 0. The van der Waals surface area contributed by atoms with Crippen molar-refractivity contribution in [3.63, 3.8) is 0 Å². The van der Waals surface area contributed by atoms with Crippen molar-refractivity contribution in [3.05, 3.63) is 83.1 Å². The first-order valence-corrected chi connectivity index (χ1v) is 9.32. The number of aromatic carboxylic acids is 1. The van der Waals surface area contributed by atoms with E-state index in [1.807, 2.05) is 6.07 Å². The molecule has 3 N–H and O–H groups in total. The van der Waals surface area contributed by atoms with Crippen LogP contribution < -0.4 is 10.5 Å².